The molecule has 2 fully saturated rings. The number of carbonyl (C=O) groups is 6. The number of likely N-dealkylation sites (N-methyl/N-ethyl adjacent to an activating group) is 2. The molecule has 0 aromatic heterocycles. The summed E-state index contributed by atoms with van der Waals surface area (Å²) in [5.74, 6) is -3.75. The van der Waals surface area contributed by atoms with Gasteiger partial charge in [-0.05, 0) is 84.0 Å². The van der Waals surface area contributed by atoms with Gasteiger partial charge in [-0.25, -0.2) is 14.0 Å². The van der Waals surface area contributed by atoms with Gasteiger partial charge in [0.2, 0.25) is 23.6 Å². The Morgan fingerprint density at radius 1 is 0.667 bits per heavy atom. The van der Waals surface area contributed by atoms with E-state index in [1.807, 2.05) is 17.0 Å². The molecule has 0 aliphatic carbocycles. The minimum atomic E-state index is -1.55. The first-order valence-corrected chi connectivity index (χ1v) is 20.1. The molecule has 2 aliphatic heterocycles. The third-order valence-corrected chi connectivity index (χ3v) is 12.1. The van der Waals surface area contributed by atoms with Crippen LogP contribution in [0, 0.1) is 17.7 Å². The van der Waals surface area contributed by atoms with Crippen LogP contribution in [0.15, 0.2) is 72.8 Å². The smallest absolute Gasteiger partial charge is 0.407 e. The summed E-state index contributed by atoms with van der Waals surface area (Å²) >= 11 is 0. The van der Waals surface area contributed by atoms with Gasteiger partial charge in [-0.3, -0.25) is 29.0 Å². The summed E-state index contributed by atoms with van der Waals surface area (Å²) in [6, 6.07) is 18.1. The molecule has 3 aromatic rings. The average Bonchev–Trinajstić information content (AvgIpc) is 3.85. The fraction of sp³-hybridized carbons (Fsp3) is 0.455. The third-order valence-electron chi connectivity index (χ3n) is 12.1. The van der Waals surface area contributed by atoms with Crippen molar-refractivity contribution in [2.24, 2.45) is 23.3 Å². The predicted molar refractivity (Wildman–Crippen MR) is 222 cm³/mol. The second kappa shape index (κ2) is 18.0. The Hall–Kier alpha value is -6.19. The molecule has 2 heterocycles. The highest BCUT2D eigenvalue weighted by Crippen LogP contribution is 2.42. The summed E-state index contributed by atoms with van der Waals surface area (Å²) in [6.45, 7) is 7.82. The molecule has 322 valence electrons. The number of halogens is 1. The molecule has 2 aliphatic rings. The van der Waals surface area contributed by atoms with Crippen molar-refractivity contribution < 1.29 is 43.4 Å². The van der Waals surface area contributed by atoms with E-state index in [0.29, 0.717) is 29.7 Å². The molecule has 15 nitrogen and oxygen atoms in total. The first-order chi connectivity index (χ1) is 28.3. The topological polar surface area (TPSA) is 211 Å². The number of carboxylic acid groups (broad SMARTS) is 2. The number of hydrogen-bond acceptors (Lipinski definition) is 7. The lowest BCUT2D eigenvalue weighted by atomic mass is 9.84. The van der Waals surface area contributed by atoms with Gasteiger partial charge in [0.05, 0.1) is 0 Å². The molecular weight excluding hydrogens is 774 g/mol. The standard InChI is InChI=1S/C44H56FN7O8/c1-27(2)35(48(5)41(57)58)37(53)51-21-9-19-43(51,39(46)55)31-13-7-11-29(23-31)25-50(34-17-15-33(45)16-18-34)26-30-12-8-14-32(24-30)44(40(47)56)20-10-22-52(44)38(54)36(28(3)4)49(6)42(59)60/h7-8,11-18,23-24,27-28,35-36H,9-10,19-22,25-26H2,1-6H3,(H2,46,55)(H2,47,56)(H,57,58)(H,59,60)/t35-,36-,43-,44-/m0/s1. The highest BCUT2D eigenvalue weighted by Gasteiger charge is 2.53. The van der Waals surface area contributed by atoms with Gasteiger partial charge < -0.3 is 36.4 Å². The van der Waals surface area contributed by atoms with E-state index < -0.39 is 76.6 Å². The van der Waals surface area contributed by atoms with Gasteiger partial charge in [0.15, 0.2) is 0 Å². The fourth-order valence-corrected chi connectivity index (χ4v) is 9.17. The van der Waals surface area contributed by atoms with E-state index in [2.05, 4.69) is 0 Å². The van der Waals surface area contributed by atoms with Crippen molar-refractivity contribution in [3.05, 3.63) is 101 Å². The lowest BCUT2D eigenvalue weighted by Crippen LogP contribution is -2.59. The van der Waals surface area contributed by atoms with Crippen molar-refractivity contribution >= 4 is 41.5 Å². The van der Waals surface area contributed by atoms with Gasteiger partial charge >= 0.3 is 12.2 Å². The van der Waals surface area contributed by atoms with E-state index in [0.717, 1.165) is 20.9 Å². The largest absolute Gasteiger partial charge is 0.465 e. The maximum absolute atomic E-state index is 14.3. The Kier molecular flexibility index (Phi) is 13.5. The van der Waals surface area contributed by atoms with Crippen molar-refractivity contribution in [1.82, 2.24) is 19.6 Å². The first kappa shape index (κ1) is 44.9. The minimum absolute atomic E-state index is 0.199. The normalized spacial score (nSPS) is 19.9. The number of amides is 6. The molecule has 0 saturated carbocycles. The summed E-state index contributed by atoms with van der Waals surface area (Å²) in [4.78, 5) is 86.1. The van der Waals surface area contributed by atoms with Crippen molar-refractivity contribution in [3.8, 4) is 0 Å². The maximum Gasteiger partial charge on any atom is 0.407 e. The first-order valence-electron chi connectivity index (χ1n) is 20.1. The number of likely N-dealkylation sites (tertiary alicyclic amines) is 2. The van der Waals surface area contributed by atoms with E-state index in [9.17, 15) is 43.4 Å². The Bertz CT molecular complexity index is 1990. The number of anilines is 1. The summed E-state index contributed by atoms with van der Waals surface area (Å²) in [5.41, 5.74) is 12.3. The number of nitrogens with two attached hydrogens (primary N) is 2. The molecule has 0 radical (unpaired) electrons. The van der Waals surface area contributed by atoms with Gasteiger partial charge in [0.1, 0.15) is 29.0 Å². The molecule has 5 rings (SSSR count). The summed E-state index contributed by atoms with van der Waals surface area (Å²) in [7, 11) is 2.65. The number of benzene rings is 3. The van der Waals surface area contributed by atoms with Crippen LogP contribution < -0.4 is 16.4 Å². The Balaban J connectivity index is 1.53. The quantitative estimate of drug-likeness (QED) is 0.164. The summed E-state index contributed by atoms with van der Waals surface area (Å²) < 4.78 is 14.3. The van der Waals surface area contributed by atoms with E-state index in [-0.39, 0.29) is 39.0 Å². The predicted octanol–water partition coefficient (Wildman–Crippen LogP) is 4.91. The van der Waals surface area contributed by atoms with Crippen LogP contribution in [0.5, 0.6) is 0 Å². The highest BCUT2D eigenvalue weighted by molar-refractivity contribution is 5.96. The van der Waals surface area contributed by atoms with Crippen LogP contribution >= 0.6 is 0 Å². The average molecular weight is 830 g/mol. The number of primary amides is 2. The molecule has 3 aromatic carbocycles. The minimum Gasteiger partial charge on any atom is -0.465 e. The number of nitrogens with zero attached hydrogens (tertiary/aromatic N) is 5. The molecule has 4 atom stereocenters. The van der Waals surface area contributed by atoms with Crippen LogP contribution in [0.4, 0.5) is 19.7 Å². The van der Waals surface area contributed by atoms with Gasteiger partial charge in [-0.2, -0.15) is 0 Å². The molecule has 0 spiro atoms. The maximum atomic E-state index is 14.3. The molecule has 6 amide bonds. The molecule has 0 unspecified atom stereocenters. The molecule has 0 bridgehead atoms. The molecular formula is C44H56FN7O8. The van der Waals surface area contributed by atoms with E-state index in [1.165, 1.54) is 36.0 Å². The van der Waals surface area contributed by atoms with Crippen LogP contribution in [0.3, 0.4) is 0 Å². The highest BCUT2D eigenvalue weighted by atomic mass is 19.1. The van der Waals surface area contributed by atoms with Gasteiger partial charge in [-0.15, -0.1) is 0 Å². The van der Waals surface area contributed by atoms with E-state index >= 15 is 0 Å². The second-order valence-electron chi connectivity index (χ2n) is 16.5. The Labute approximate surface area is 349 Å². The second-order valence-corrected chi connectivity index (χ2v) is 16.5. The molecule has 2 saturated heterocycles. The van der Waals surface area contributed by atoms with Crippen LogP contribution in [0.25, 0.3) is 0 Å². The Morgan fingerprint density at radius 2 is 1.05 bits per heavy atom. The van der Waals surface area contributed by atoms with Gasteiger partial charge in [0, 0.05) is 46.0 Å². The van der Waals surface area contributed by atoms with Crippen LogP contribution in [0.2, 0.25) is 0 Å². The van der Waals surface area contributed by atoms with Crippen molar-refractivity contribution in [2.75, 3.05) is 32.1 Å². The Morgan fingerprint density at radius 3 is 1.38 bits per heavy atom. The van der Waals surface area contributed by atoms with Gasteiger partial charge in [0.25, 0.3) is 0 Å². The SMILES string of the molecule is CC(C)[C@@H](C(=O)N1CCC[C@@]1(C(N)=O)c1cccc(CN(Cc2cccc([C@]3(C(N)=O)CCCN3C(=O)[C@H](C(C)C)N(C)C(=O)O)c2)c2ccc(F)cc2)c1)N(C)C(=O)O. The fourth-order valence-electron chi connectivity index (χ4n) is 9.17. The van der Waals surface area contributed by atoms with Crippen LogP contribution in [-0.4, -0.2) is 105 Å². The monoisotopic (exact) mass is 829 g/mol. The number of hydrogen-bond donors (Lipinski definition) is 4. The van der Waals surface area contributed by atoms with Crippen molar-refractivity contribution in [3.63, 3.8) is 0 Å². The summed E-state index contributed by atoms with van der Waals surface area (Å²) in [5, 5.41) is 19.6. The van der Waals surface area contributed by atoms with Crippen molar-refractivity contribution in [1.29, 1.82) is 0 Å². The van der Waals surface area contributed by atoms with E-state index in [1.54, 1.807) is 76.2 Å². The number of rotatable bonds is 15. The van der Waals surface area contributed by atoms with Gasteiger partial charge in [-0.1, -0.05) is 76.2 Å². The molecule has 16 heteroatoms. The molecule has 60 heavy (non-hydrogen) atoms. The third kappa shape index (κ3) is 8.45. The summed E-state index contributed by atoms with van der Waals surface area (Å²) in [6.07, 6.45) is -1.16. The molecule has 6 N–H and O–H groups in total. The number of carbonyl (C=O) groups excluding carboxylic acids is 4. The lowest BCUT2D eigenvalue weighted by molar-refractivity contribution is -0.148. The van der Waals surface area contributed by atoms with E-state index in [4.69, 9.17) is 11.5 Å². The zero-order chi connectivity index (χ0) is 44.3. The van der Waals surface area contributed by atoms with Crippen LogP contribution in [-0.2, 0) is 43.3 Å². The zero-order valence-electron chi connectivity index (χ0n) is 35.0. The van der Waals surface area contributed by atoms with Crippen molar-refractivity contribution in [2.45, 2.75) is 89.6 Å². The lowest BCUT2D eigenvalue weighted by Gasteiger charge is -2.40. The van der Waals surface area contributed by atoms with Crippen LogP contribution in [0.1, 0.15) is 75.6 Å². The zero-order valence-corrected chi connectivity index (χ0v) is 35.0.